The van der Waals surface area contributed by atoms with Crippen LogP contribution in [0.15, 0.2) is 30.6 Å². The van der Waals surface area contributed by atoms with Gasteiger partial charge in [-0.05, 0) is 31.4 Å². The van der Waals surface area contributed by atoms with Crippen molar-refractivity contribution in [1.82, 2.24) is 14.9 Å². The summed E-state index contributed by atoms with van der Waals surface area (Å²) in [5.41, 5.74) is 2.12. The molecule has 0 radical (unpaired) electrons. The molecule has 1 aliphatic heterocycles. The molecule has 1 atom stereocenters. The summed E-state index contributed by atoms with van der Waals surface area (Å²) in [5, 5.41) is 0.829. The number of alkyl halides is 1. The number of carbonyl (C=O) groups is 1. The Labute approximate surface area is 126 Å². The van der Waals surface area contributed by atoms with Gasteiger partial charge in [-0.25, -0.2) is 0 Å². The summed E-state index contributed by atoms with van der Waals surface area (Å²) in [6, 6.07) is 5.89. The number of amides is 1. The molecule has 1 aromatic carbocycles. The number of para-hydroxylation sites is 1. The number of benzene rings is 1. The zero-order valence-electron chi connectivity index (χ0n) is 11.1. The van der Waals surface area contributed by atoms with Crippen LogP contribution in [0.4, 0.5) is 0 Å². The van der Waals surface area contributed by atoms with Crippen LogP contribution < -0.4 is 0 Å². The molecule has 0 spiro atoms. The van der Waals surface area contributed by atoms with E-state index in [0.717, 1.165) is 30.2 Å². The average Bonchev–Trinajstić information content (AvgIpc) is 2.53. The van der Waals surface area contributed by atoms with Gasteiger partial charge >= 0.3 is 0 Å². The van der Waals surface area contributed by atoms with Crippen molar-refractivity contribution >= 4 is 32.9 Å². The molecule has 0 N–H and O–H groups in total. The first-order valence-electron chi connectivity index (χ1n) is 6.88. The van der Waals surface area contributed by atoms with E-state index in [1.165, 1.54) is 6.42 Å². The minimum atomic E-state index is 0.0697. The van der Waals surface area contributed by atoms with E-state index in [1.807, 2.05) is 23.1 Å². The lowest BCUT2D eigenvalue weighted by Crippen LogP contribution is -2.44. The van der Waals surface area contributed by atoms with Crippen LogP contribution in [-0.4, -0.2) is 38.7 Å². The van der Waals surface area contributed by atoms with Crippen LogP contribution in [0.2, 0.25) is 0 Å². The normalized spacial score (nSPS) is 19.2. The van der Waals surface area contributed by atoms with Gasteiger partial charge in [0.25, 0.3) is 5.91 Å². The first kappa shape index (κ1) is 13.5. The smallest absolute Gasteiger partial charge is 0.256 e. The van der Waals surface area contributed by atoms with Gasteiger partial charge in [0.1, 0.15) is 5.52 Å². The quantitative estimate of drug-likeness (QED) is 0.793. The number of carbonyl (C=O) groups excluding carboxylic acids is 1. The van der Waals surface area contributed by atoms with Gasteiger partial charge in [-0.3, -0.25) is 14.8 Å². The van der Waals surface area contributed by atoms with Gasteiger partial charge in [0, 0.05) is 30.3 Å². The molecule has 0 saturated carbocycles. The summed E-state index contributed by atoms with van der Waals surface area (Å²) < 4.78 is 0. The van der Waals surface area contributed by atoms with Crippen molar-refractivity contribution < 1.29 is 4.79 Å². The number of fused-ring (bicyclic) bond motifs is 1. The van der Waals surface area contributed by atoms with E-state index < -0.39 is 0 Å². The highest BCUT2D eigenvalue weighted by atomic mass is 79.9. The average molecular weight is 334 g/mol. The minimum absolute atomic E-state index is 0.0697. The molecule has 0 aliphatic carbocycles. The van der Waals surface area contributed by atoms with Gasteiger partial charge in [0.05, 0.1) is 11.1 Å². The lowest BCUT2D eigenvalue weighted by molar-refractivity contribution is 0.0643. The van der Waals surface area contributed by atoms with Crippen molar-refractivity contribution in [2.75, 3.05) is 11.9 Å². The predicted octanol–water partition coefficient (Wildman–Crippen LogP) is 3.02. The number of aromatic nitrogens is 2. The van der Waals surface area contributed by atoms with Crippen molar-refractivity contribution in [3.05, 3.63) is 36.2 Å². The molecule has 1 amide bonds. The van der Waals surface area contributed by atoms with Crippen molar-refractivity contribution in [3.8, 4) is 0 Å². The van der Waals surface area contributed by atoms with E-state index in [1.54, 1.807) is 12.4 Å². The maximum absolute atomic E-state index is 12.8. The number of hydrogen-bond donors (Lipinski definition) is 0. The van der Waals surface area contributed by atoms with Gasteiger partial charge in [-0.1, -0.05) is 22.0 Å². The summed E-state index contributed by atoms with van der Waals surface area (Å²) in [6.45, 7) is 0.825. The lowest BCUT2D eigenvalue weighted by Gasteiger charge is -2.34. The third-order valence-corrected chi connectivity index (χ3v) is 4.54. The Morgan fingerprint density at radius 1 is 1.30 bits per heavy atom. The van der Waals surface area contributed by atoms with E-state index >= 15 is 0 Å². The van der Waals surface area contributed by atoms with Gasteiger partial charge in [-0.15, -0.1) is 0 Å². The fraction of sp³-hybridized carbons (Fsp3) is 0.400. The number of likely N-dealkylation sites (tertiary alicyclic amines) is 1. The van der Waals surface area contributed by atoms with Crippen molar-refractivity contribution in [1.29, 1.82) is 0 Å². The molecule has 3 rings (SSSR count). The van der Waals surface area contributed by atoms with Crippen molar-refractivity contribution in [3.63, 3.8) is 0 Å². The van der Waals surface area contributed by atoms with Crippen LogP contribution >= 0.6 is 15.9 Å². The summed E-state index contributed by atoms with van der Waals surface area (Å²) in [5.74, 6) is 0.0697. The Hall–Kier alpha value is -1.49. The van der Waals surface area contributed by atoms with Crippen molar-refractivity contribution in [2.24, 2.45) is 0 Å². The Morgan fingerprint density at radius 3 is 3.00 bits per heavy atom. The largest absolute Gasteiger partial charge is 0.335 e. The van der Waals surface area contributed by atoms with Crippen LogP contribution in [0.25, 0.3) is 11.0 Å². The molecule has 2 aromatic rings. The molecule has 0 bridgehead atoms. The van der Waals surface area contributed by atoms with Crippen LogP contribution in [0, 0.1) is 0 Å². The molecule has 5 heteroatoms. The number of piperidine rings is 1. The number of nitrogens with zero attached hydrogens (tertiary/aromatic N) is 3. The monoisotopic (exact) mass is 333 g/mol. The van der Waals surface area contributed by atoms with Gasteiger partial charge < -0.3 is 4.90 Å². The highest BCUT2D eigenvalue weighted by Crippen LogP contribution is 2.23. The molecule has 4 nitrogen and oxygen atoms in total. The number of hydrogen-bond acceptors (Lipinski definition) is 3. The molecule has 1 aliphatic rings. The molecule has 2 heterocycles. The highest BCUT2D eigenvalue weighted by molar-refractivity contribution is 9.09. The Morgan fingerprint density at radius 2 is 2.15 bits per heavy atom. The fourth-order valence-corrected chi connectivity index (χ4v) is 3.42. The maximum Gasteiger partial charge on any atom is 0.256 e. The van der Waals surface area contributed by atoms with Gasteiger partial charge in [-0.2, -0.15) is 0 Å². The Kier molecular flexibility index (Phi) is 3.96. The topological polar surface area (TPSA) is 46.1 Å². The second-order valence-electron chi connectivity index (χ2n) is 5.03. The van der Waals surface area contributed by atoms with Crippen LogP contribution in [0.3, 0.4) is 0 Å². The van der Waals surface area contributed by atoms with Crippen LogP contribution in [0.5, 0.6) is 0 Å². The Bertz CT molecular complexity index is 626. The fourth-order valence-electron chi connectivity index (χ4n) is 2.75. The lowest BCUT2D eigenvalue weighted by atomic mass is 10.0. The molecular weight excluding hydrogens is 318 g/mol. The van der Waals surface area contributed by atoms with E-state index in [0.29, 0.717) is 11.1 Å². The molecule has 104 valence electrons. The van der Waals surface area contributed by atoms with E-state index in [-0.39, 0.29) is 11.9 Å². The molecule has 1 unspecified atom stereocenters. The Balaban J connectivity index is 1.99. The molecule has 1 aromatic heterocycles. The highest BCUT2D eigenvalue weighted by Gasteiger charge is 2.27. The zero-order chi connectivity index (χ0) is 13.9. The molecular formula is C15H16BrN3O. The third kappa shape index (κ3) is 2.42. The second-order valence-corrected chi connectivity index (χ2v) is 5.68. The van der Waals surface area contributed by atoms with Crippen LogP contribution in [0.1, 0.15) is 29.6 Å². The second kappa shape index (κ2) is 5.87. The van der Waals surface area contributed by atoms with Gasteiger partial charge in [0.15, 0.2) is 0 Å². The first-order chi connectivity index (χ1) is 9.81. The molecule has 20 heavy (non-hydrogen) atoms. The molecule has 1 fully saturated rings. The predicted molar refractivity (Wildman–Crippen MR) is 82.0 cm³/mol. The maximum atomic E-state index is 12.8. The first-order valence-corrected chi connectivity index (χ1v) is 8.00. The van der Waals surface area contributed by atoms with Crippen molar-refractivity contribution in [2.45, 2.75) is 25.3 Å². The number of rotatable bonds is 2. The number of halogens is 1. The standard InChI is InChI=1S/C15H16BrN3O/c16-10-11-4-1-2-9-19(11)15(20)12-5-3-6-13-14(12)18-8-7-17-13/h3,5-8,11H,1-2,4,9-10H2. The van der Waals surface area contributed by atoms with Gasteiger partial charge in [0.2, 0.25) is 0 Å². The van der Waals surface area contributed by atoms with Crippen LogP contribution in [-0.2, 0) is 0 Å². The van der Waals surface area contributed by atoms with E-state index in [4.69, 9.17) is 0 Å². The summed E-state index contributed by atoms with van der Waals surface area (Å²) in [7, 11) is 0. The SMILES string of the molecule is O=C(c1cccc2nccnc12)N1CCCCC1CBr. The van der Waals surface area contributed by atoms with E-state index in [2.05, 4.69) is 25.9 Å². The minimum Gasteiger partial charge on any atom is -0.335 e. The summed E-state index contributed by atoms with van der Waals surface area (Å²) in [4.78, 5) is 23.4. The zero-order valence-corrected chi connectivity index (χ0v) is 12.7. The summed E-state index contributed by atoms with van der Waals surface area (Å²) >= 11 is 3.52. The third-order valence-electron chi connectivity index (χ3n) is 3.80. The summed E-state index contributed by atoms with van der Waals surface area (Å²) in [6.07, 6.45) is 6.62. The van der Waals surface area contributed by atoms with E-state index in [9.17, 15) is 4.79 Å². The molecule has 1 saturated heterocycles.